The number of ether oxygens (including phenoxy) is 1. The zero-order chi connectivity index (χ0) is 13.3. The Hall–Kier alpha value is -0.710. The highest BCUT2D eigenvalue weighted by molar-refractivity contribution is 9.10. The molecule has 0 saturated heterocycles. The quantitative estimate of drug-likeness (QED) is 0.811. The molecule has 1 aromatic carbocycles. The van der Waals surface area contributed by atoms with E-state index >= 15 is 0 Å². The minimum atomic E-state index is -0.330. The molecule has 0 fully saturated rings. The third-order valence-corrected chi connectivity index (χ3v) is 4.74. The van der Waals surface area contributed by atoms with Crippen LogP contribution in [0.4, 0.5) is 0 Å². The number of nitrogens with zero attached hydrogens (tertiary/aromatic N) is 1. The molecule has 0 unspecified atom stereocenters. The van der Waals surface area contributed by atoms with Crippen molar-refractivity contribution >= 4 is 27.3 Å². The van der Waals surface area contributed by atoms with Gasteiger partial charge in [-0.3, -0.25) is 0 Å². The summed E-state index contributed by atoms with van der Waals surface area (Å²) in [5, 5.41) is 1.01. The van der Waals surface area contributed by atoms with Gasteiger partial charge in [0.25, 0.3) is 0 Å². The van der Waals surface area contributed by atoms with Crippen molar-refractivity contribution in [2.45, 2.75) is 26.4 Å². The molecule has 2 nitrogen and oxygen atoms in total. The number of hydrogen-bond donors (Lipinski definition) is 0. The van der Waals surface area contributed by atoms with Crippen LogP contribution in [0.5, 0.6) is 0 Å². The van der Waals surface area contributed by atoms with E-state index < -0.39 is 0 Å². The minimum Gasteiger partial charge on any atom is -0.372 e. The highest BCUT2D eigenvalue weighted by Gasteiger charge is 2.25. The van der Waals surface area contributed by atoms with Crippen LogP contribution in [0.1, 0.15) is 23.7 Å². The topological polar surface area (TPSA) is 22.1 Å². The van der Waals surface area contributed by atoms with Gasteiger partial charge in [-0.2, -0.15) is 0 Å². The molecule has 0 aliphatic carbocycles. The van der Waals surface area contributed by atoms with Gasteiger partial charge in [-0.1, -0.05) is 28.1 Å². The highest BCUT2D eigenvalue weighted by Crippen LogP contribution is 2.34. The van der Waals surface area contributed by atoms with E-state index in [9.17, 15) is 0 Å². The lowest BCUT2D eigenvalue weighted by Gasteiger charge is -2.19. The first kappa shape index (κ1) is 13.7. The van der Waals surface area contributed by atoms with Gasteiger partial charge in [0, 0.05) is 22.0 Å². The van der Waals surface area contributed by atoms with Crippen LogP contribution in [-0.2, 0) is 10.3 Å². The van der Waals surface area contributed by atoms with Gasteiger partial charge in [-0.15, -0.1) is 11.3 Å². The molecule has 18 heavy (non-hydrogen) atoms. The van der Waals surface area contributed by atoms with E-state index in [2.05, 4.69) is 35.0 Å². The predicted octanol–water partition coefficient (Wildman–Crippen LogP) is 4.76. The number of benzene rings is 1. The number of thiazole rings is 1. The molecule has 2 aromatic rings. The van der Waals surface area contributed by atoms with Gasteiger partial charge in [0.2, 0.25) is 0 Å². The average molecular weight is 326 g/mol. The van der Waals surface area contributed by atoms with Crippen LogP contribution in [0.25, 0.3) is 11.3 Å². The highest BCUT2D eigenvalue weighted by atomic mass is 79.9. The maximum Gasteiger partial charge on any atom is 0.125 e. The van der Waals surface area contributed by atoms with Crippen LogP contribution in [0.2, 0.25) is 0 Å². The Morgan fingerprint density at radius 3 is 2.39 bits per heavy atom. The fourth-order valence-corrected chi connectivity index (χ4v) is 2.90. The number of aryl methyl sites for hydroxylation is 1. The maximum absolute atomic E-state index is 5.49. The zero-order valence-electron chi connectivity index (χ0n) is 11.0. The van der Waals surface area contributed by atoms with E-state index in [4.69, 9.17) is 9.72 Å². The van der Waals surface area contributed by atoms with Crippen molar-refractivity contribution in [1.82, 2.24) is 4.98 Å². The summed E-state index contributed by atoms with van der Waals surface area (Å²) in [6, 6.07) is 8.23. The van der Waals surface area contributed by atoms with Crippen LogP contribution in [0, 0.1) is 6.92 Å². The Morgan fingerprint density at radius 2 is 1.83 bits per heavy atom. The Kier molecular flexibility index (Phi) is 3.90. The molecular weight excluding hydrogens is 310 g/mol. The van der Waals surface area contributed by atoms with E-state index in [-0.39, 0.29) is 5.60 Å². The second-order valence-electron chi connectivity index (χ2n) is 4.65. The van der Waals surface area contributed by atoms with Crippen LogP contribution in [-0.4, -0.2) is 12.1 Å². The van der Waals surface area contributed by atoms with Gasteiger partial charge in [-0.25, -0.2) is 4.98 Å². The summed E-state index contributed by atoms with van der Waals surface area (Å²) in [4.78, 5) is 5.95. The summed E-state index contributed by atoms with van der Waals surface area (Å²) in [5.74, 6) is 0. The standard InChI is InChI=1S/C14H16BrNOS/c1-9-12(10-5-7-11(15)8-6-10)16-13(18-9)14(2,3)17-4/h5-8H,1-4H3. The molecule has 0 radical (unpaired) electrons. The number of methoxy groups -OCH3 is 1. The van der Waals surface area contributed by atoms with Crippen molar-refractivity contribution in [2.24, 2.45) is 0 Å². The normalized spacial score (nSPS) is 11.8. The summed E-state index contributed by atoms with van der Waals surface area (Å²) in [5.41, 5.74) is 1.86. The molecule has 0 aliphatic rings. The van der Waals surface area contributed by atoms with E-state index in [0.29, 0.717) is 0 Å². The van der Waals surface area contributed by atoms with Crippen molar-refractivity contribution in [1.29, 1.82) is 0 Å². The first-order valence-electron chi connectivity index (χ1n) is 5.73. The molecule has 4 heteroatoms. The van der Waals surface area contributed by atoms with Crippen LogP contribution < -0.4 is 0 Å². The van der Waals surface area contributed by atoms with Gasteiger partial charge in [0.05, 0.1) is 5.69 Å². The minimum absolute atomic E-state index is 0.330. The molecule has 2 rings (SSSR count). The smallest absolute Gasteiger partial charge is 0.125 e. The predicted molar refractivity (Wildman–Crippen MR) is 80.0 cm³/mol. The molecule has 96 valence electrons. The fraction of sp³-hybridized carbons (Fsp3) is 0.357. The molecule has 0 bridgehead atoms. The SMILES string of the molecule is COC(C)(C)c1nc(-c2ccc(Br)cc2)c(C)s1. The Balaban J connectivity index is 2.44. The summed E-state index contributed by atoms with van der Waals surface area (Å²) in [7, 11) is 1.72. The van der Waals surface area contributed by atoms with Gasteiger partial charge >= 0.3 is 0 Å². The van der Waals surface area contributed by atoms with Crippen molar-refractivity contribution in [3.05, 3.63) is 38.6 Å². The fourth-order valence-electron chi connectivity index (χ4n) is 1.62. The lowest BCUT2D eigenvalue weighted by molar-refractivity contribution is 0.0191. The van der Waals surface area contributed by atoms with Gasteiger partial charge in [0.15, 0.2) is 0 Å². The summed E-state index contributed by atoms with van der Waals surface area (Å²) in [6.45, 7) is 6.18. The molecule has 0 amide bonds. The largest absolute Gasteiger partial charge is 0.372 e. The van der Waals surface area contributed by atoms with Crippen LogP contribution >= 0.6 is 27.3 Å². The Bertz CT molecular complexity index is 545. The van der Waals surface area contributed by atoms with Gasteiger partial charge in [0.1, 0.15) is 10.6 Å². The average Bonchev–Trinajstić information content (AvgIpc) is 2.73. The van der Waals surface area contributed by atoms with Crippen LogP contribution in [0.3, 0.4) is 0 Å². The first-order chi connectivity index (χ1) is 8.44. The van der Waals surface area contributed by atoms with Gasteiger partial charge in [-0.05, 0) is 32.9 Å². The van der Waals surface area contributed by atoms with E-state index in [1.807, 2.05) is 26.0 Å². The van der Waals surface area contributed by atoms with Crippen molar-refractivity contribution < 1.29 is 4.74 Å². The molecule has 1 aromatic heterocycles. The monoisotopic (exact) mass is 325 g/mol. The molecule has 1 heterocycles. The number of halogens is 1. The van der Waals surface area contributed by atoms with Crippen molar-refractivity contribution in [3.8, 4) is 11.3 Å². The van der Waals surface area contributed by atoms with Crippen LogP contribution in [0.15, 0.2) is 28.7 Å². The number of aromatic nitrogens is 1. The maximum atomic E-state index is 5.49. The molecule has 0 spiro atoms. The van der Waals surface area contributed by atoms with Crippen molar-refractivity contribution in [3.63, 3.8) is 0 Å². The lowest BCUT2D eigenvalue weighted by Crippen LogP contribution is -2.18. The van der Waals surface area contributed by atoms with E-state index in [0.717, 1.165) is 20.7 Å². The second kappa shape index (κ2) is 5.11. The molecule has 0 aliphatic heterocycles. The summed E-state index contributed by atoms with van der Waals surface area (Å²) < 4.78 is 6.57. The van der Waals surface area contributed by atoms with E-state index in [1.54, 1.807) is 18.4 Å². The summed E-state index contributed by atoms with van der Waals surface area (Å²) >= 11 is 5.14. The third-order valence-electron chi connectivity index (χ3n) is 2.94. The number of rotatable bonds is 3. The molecular formula is C14H16BrNOS. The molecule has 0 N–H and O–H groups in total. The third kappa shape index (κ3) is 2.66. The van der Waals surface area contributed by atoms with E-state index in [1.165, 1.54) is 4.88 Å². The molecule has 0 saturated carbocycles. The lowest BCUT2D eigenvalue weighted by atomic mass is 10.1. The number of hydrogen-bond acceptors (Lipinski definition) is 3. The van der Waals surface area contributed by atoms with Crippen molar-refractivity contribution in [2.75, 3.05) is 7.11 Å². The Labute approximate surface area is 120 Å². The molecule has 0 atom stereocenters. The zero-order valence-corrected chi connectivity index (χ0v) is 13.4. The first-order valence-corrected chi connectivity index (χ1v) is 7.34. The Morgan fingerprint density at radius 1 is 1.22 bits per heavy atom. The second-order valence-corrected chi connectivity index (χ2v) is 6.76. The van der Waals surface area contributed by atoms with Gasteiger partial charge < -0.3 is 4.74 Å². The summed E-state index contributed by atoms with van der Waals surface area (Å²) in [6.07, 6.45) is 0.